The number of fused-ring (bicyclic) bond motifs is 2. The van der Waals surface area contributed by atoms with Gasteiger partial charge in [-0.15, -0.1) is 0 Å². The van der Waals surface area contributed by atoms with Crippen molar-refractivity contribution in [3.8, 4) is 0 Å². The summed E-state index contributed by atoms with van der Waals surface area (Å²) in [5, 5.41) is 6.60. The number of hydrogen-bond donors (Lipinski definition) is 1. The van der Waals surface area contributed by atoms with E-state index in [0.717, 1.165) is 34.0 Å². The number of hydrogen-bond acceptors (Lipinski definition) is 2. The molecule has 0 fully saturated rings. The van der Waals surface area contributed by atoms with Gasteiger partial charge in [-0.1, -0.05) is 54.6 Å². The smallest absolute Gasteiger partial charge is 0.244 e. The molecule has 0 heterocycles. The van der Waals surface area contributed by atoms with Crippen LogP contribution in [0.25, 0.3) is 10.8 Å². The number of carbonyl (C=O) groups is 1. The van der Waals surface area contributed by atoms with Crippen LogP contribution in [0.2, 0.25) is 0 Å². The Labute approximate surface area is 160 Å². The Morgan fingerprint density at radius 2 is 1.74 bits per heavy atom. The summed E-state index contributed by atoms with van der Waals surface area (Å²) < 4.78 is 0. The van der Waals surface area contributed by atoms with Crippen molar-refractivity contribution in [3.05, 3.63) is 82.9 Å². The van der Waals surface area contributed by atoms with Gasteiger partial charge in [-0.05, 0) is 71.7 Å². The number of nitrogens with zero attached hydrogens (tertiary/aromatic N) is 1. The van der Waals surface area contributed by atoms with Crippen LogP contribution in [0.15, 0.2) is 65.8 Å². The normalized spacial score (nSPS) is 14.0. The molecule has 1 N–H and O–H groups in total. The van der Waals surface area contributed by atoms with Gasteiger partial charge in [0, 0.05) is 0 Å². The van der Waals surface area contributed by atoms with E-state index in [0.29, 0.717) is 6.42 Å². The van der Waals surface area contributed by atoms with Crippen LogP contribution in [-0.2, 0) is 24.1 Å². The second-order valence-corrected chi connectivity index (χ2v) is 7.24. The van der Waals surface area contributed by atoms with E-state index in [2.05, 4.69) is 46.9 Å². The summed E-state index contributed by atoms with van der Waals surface area (Å²) in [6.07, 6.45) is 5.18. The highest BCUT2D eigenvalue weighted by atomic mass is 16.2. The van der Waals surface area contributed by atoms with Crippen LogP contribution in [0.5, 0.6) is 0 Å². The van der Waals surface area contributed by atoms with Gasteiger partial charge in [-0.3, -0.25) is 4.79 Å². The van der Waals surface area contributed by atoms with E-state index in [1.54, 1.807) is 0 Å². The molecule has 0 bridgehead atoms. The molecule has 0 aliphatic heterocycles. The summed E-state index contributed by atoms with van der Waals surface area (Å²) in [5.74, 6) is -0.0938. The van der Waals surface area contributed by atoms with E-state index in [9.17, 15) is 4.79 Å². The zero-order valence-electron chi connectivity index (χ0n) is 15.7. The highest BCUT2D eigenvalue weighted by molar-refractivity contribution is 5.99. The van der Waals surface area contributed by atoms with E-state index in [4.69, 9.17) is 0 Å². The molecule has 0 spiro atoms. The molecule has 136 valence electrons. The van der Waals surface area contributed by atoms with E-state index in [1.165, 1.54) is 30.4 Å². The quantitative estimate of drug-likeness (QED) is 0.529. The first-order chi connectivity index (χ1) is 13.2. The van der Waals surface area contributed by atoms with Gasteiger partial charge in [0.15, 0.2) is 0 Å². The molecule has 3 aromatic rings. The molecule has 0 unspecified atom stereocenters. The van der Waals surface area contributed by atoms with Crippen LogP contribution in [0.3, 0.4) is 0 Å². The van der Waals surface area contributed by atoms with E-state index >= 15 is 0 Å². The summed E-state index contributed by atoms with van der Waals surface area (Å²) in [6, 6.07) is 20.7. The average Bonchev–Trinajstić information content (AvgIpc) is 2.72. The Kier molecular flexibility index (Phi) is 5.01. The van der Waals surface area contributed by atoms with Gasteiger partial charge in [0.25, 0.3) is 0 Å². The monoisotopic (exact) mass is 356 g/mol. The molecule has 27 heavy (non-hydrogen) atoms. The summed E-state index contributed by atoms with van der Waals surface area (Å²) in [5.41, 5.74) is 8.55. The summed E-state index contributed by atoms with van der Waals surface area (Å²) in [7, 11) is 0. The molecule has 1 aliphatic rings. The molecule has 0 radical (unpaired) electrons. The molecule has 3 heteroatoms. The van der Waals surface area contributed by atoms with Crippen molar-refractivity contribution in [1.29, 1.82) is 0 Å². The zero-order chi connectivity index (χ0) is 18.6. The first-order valence-electron chi connectivity index (χ1n) is 9.62. The van der Waals surface area contributed by atoms with Gasteiger partial charge in [-0.2, -0.15) is 5.10 Å². The average molecular weight is 356 g/mol. The standard InChI is InChI=1S/C24H24N2O/c1-17(20-14-13-18-7-2-3-9-21(18)15-20)25-26-24(27)16-22-11-6-10-19-8-4-5-12-23(19)22/h4-6,8,10-15H,2-3,7,9,16H2,1H3,(H,26,27)/b25-17+. The topological polar surface area (TPSA) is 41.5 Å². The van der Waals surface area contributed by atoms with Crippen molar-refractivity contribution >= 4 is 22.4 Å². The number of benzene rings is 3. The van der Waals surface area contributed by atoms with Crippen LogP contribution in [0.4, 0.5) is 0 Å². The number of nitrogens with one attached hydrogen (secondary N) is 1. The third-order valence-corrected chi connectivity index (χ3v) is 5.35. The summed E-state index contributed by atoms with van der Waals surface area (Å²) >= 11 is 0. The third kappa shape index (κ3) is 3.92. The number of carbonyl (C=O) groups excluding carboxylic acids is 1. The molecular weight excluding hydrogens is 332 g/mol. The third-order valence-electron chi connectivity index (χ3n) is 5.35. The van der Waals surface area contributed by atoms with E-state index < -0.39 is 0 Å². The molecule has 0 saturated heterocycles. The Bertz CT molecular complexity index is 1010. The largest absolute Gasteiger partial charge is 0.273 e. The van der Waals surface area contributed by atoms with E-state index in [-0.39, 0.29) is 5.91 Å². The van der Waals surface area contributed by atoms with Gasteiger partial charge >= 0.3 is 0 Å². The Balaban J connectivity index is 1.46. The van der Waals surface area contributed by atoms with Crippen LogP contribution >= 0.6 is 0 Å². The Morgan fingerprint density at radius 3 is 2.63 bits per heavy atom. The molecule has 1 amide bonds. The maximum Gasteiger partial charge on any atom is 0.244 e. The number of aryl methyl sites for hydroxylation is 2. The fourth-order valence-corrected chi connectivity index (χ4v) is 3.83. The summed E-state index contributed by atoms with van der Waals surface area (Å²) in [4.78, 5) is 12.4. The molecule has 0 aromatic heterocycles. The Hall–Kier alpha value is -2.94. The van der Waals surface area contributed by atoms with Crippen molar-refractivity contribution < 1.29 is 4.79 Å². The minimum Gasteiger partial charge on any atom is -0.273 e. The van der Waals surface area contributed by atoms with Gasteiger partial charge in [-0.25, -0.2) is 5.43 Å². The lowest BCUT2D eigenvalue weighted by molar-refractivity contribution is -0.120. The molecule has 4 rings (SSSR count). The maximum absolute atomic E-state index is 12.4. The second kappa shape index (κ2) is 7.75. The van der Waals surface area contributed by atoms with Crippen LogP contribution in [0.1, 0.15) is 42.0 Å². The zero-order valence-corrected chi connectivity index (χ0v) is 15.7. The van der Waals surface area contributed by atoms with E-state index in [1.807, 2.05) is 31.2 Å². The molecule has 0 saturated carbocycles. The minimum atomic E-state index is -0.0938. The van der Waals surface area contributed by atoms with Gasteiger partial charge in [0.1, 0.15) is 0 Å². The highest BCUT2D eigenvalue weighted by Crippen LogP contribution is 2.22. The highest BCUT2D eigenvalue weighted by Gasteiger charge is 2.11. The van der Waals surface area contributed by atoms with Crippen molar-refractivity contribution in [2.75, 3.05) is 0 Å². The molecule has 3 nitrogen and oxygen atoms in total. The van der Waals surface area contributed by atoms with Gasteiger partial charge in [0.2, 0.25) is 5.91 Å². The molecule has 3 aromatic carbocycles. The number of rotatable bonds is 4. The predicted octanol–water partition coefficient (Wildman–Crippen LogP) is 4.80. The van der Waals surface area contributed by atoms with Gasteiger partial charge in [0.05, 0.1) is 12.1 Å². The predicted molar refractivity (Wildman–Crippen MR) is 111 cm³/mol. The first kappa shape index (κ1) is 17.5. The fourth-order valence-electron chi connectivity index (χ4n) is 3.83. The SMILES string of the molecule is C/C(=N\NC(=O)Cc1cccc2ccccc12)c1ccc2c(c1)CCCC2. The van der Waals surface area contributed by atoms with Gasteiger partial charge < -0.3 is 0 Å². The number of hydrazone groups is 1. The van der Waals surface area contributed by atoms with Crippen molar-refractivity contribution in [1.82, 2.24) is 5.43 Å². The lowest BCUT2D eigenvalue weighted by Crippen LogP contribution is -2.21. The lowest BCUT2D eigenvalue weighted by Gasteiger charge is -2.16. The minimum absolute atomic E-state index is 0.0938. The van der Waals surface area contributed by atoms with Crippen LogP contribution in [0, 0.1) is 0 Å². The molecular formula is C24H24N2O. The fraction of sp³-hybridized carbons (Fsp3) is 0.250. The Morgan fingerprint density at radius 1 is 0.963 bits per heavy atom. The number of amides is 1. The van der Waals surface area contributed by atoms with Crippen molar-refractivity contribution in [2.45, 2.75) is 39.0 Å². The maximum atomic E-state index is 12.4. The van der Waals surface area contributed by atoms with Crippen molar-refractivity contribution in [3.63, 3.8) is 0 Å². The molecule has 1 aliphatic carbocycles. The van der Waals surface area contributed by atoms with Crippen LogP contribution in [-0.4, -0.2) is 11.6 Å². The molecule has 0 atom stereocenters. The first-order valence-corrected chi connectivity index (χ1v) is 9.62. The lowest BCUT2D eigenvalue weighted by atomic mass is 9.90. The van der Waals surface area contributed by atoms with Crippen molar-refractivity contribution in [2.24, 2.45) is 5.10 Å². The second-order valence-electron chi connectivity index (χ2n) is 7.24. The van der Waals surface area contributed by atoms with Crippen LogP contribution < -0.4 is 5.43 Å². The summed E-state index contributed by atoms with van der Waals surface area (Å²) in [6.45, 7) is 1.95.